The van der Waals surface area contributed by atoms with Gasteiger partial charge >= 0.3 is 6.18 Å². The fraction of sp³-hybridized carbons (Fsp3) is 0.308. The van der Waals surface area contributed by atoms with Crippen LogP contribution in [0.5, 0.6) is 0 Å². The van der Waals surface area contributed by atoms with Gasteiger partial charge in [0.25, 0.3) is 0 Å². The average molecular weight is 304 g/mol. The minimum absolute atomic E-state index is 0.0900. The van der Waals surface area contributed by atoms with Gasteiger partial charge in [0, 0.05) is 12.1 Å². The van der Waals surface area contributed by atoms with Crippen molar-refractivity contribution in [2.75, 3.05) is 7.05 Å². The first-order chi connectivity index (χ1) is 9.32. The normalized spacial score (nSPS) is 11.9. The van der Waals surface area contributed by atoms with Crippen LogP contribution in [0.15, 0.2) is 18.2 Å². The van der Waals surface area contributed by atoms with Gasteiger partial charge in [0.05, 0.1) is 4.88 Å². The van der Waals surface area contributed by atoms with Gasteiger partial charge in [-0.2, -0.15) is 13.2 Å². The number of hydrogen-bond donors (Lipinski definition) is 1. The highest BCUT2D eigenvalue weighted by atomic mass is 32.1. The van der Waals surface area contributed by atoms with E-state index in [1.165, 1.54) is 18.2 Å². The lowest BCUT2D eigenvalue weighted by Gasteiger charge is -2.05. The minimum Gasteiger partial charge on any atom is -0.315 e. The van der Waals surface area contributed by atoms with Gasteiger partial charge in [0.2, 0.25) is 0 Å². The molecule has 0 fully saturated rings. The third kappa shape index (κ3) is 2.99. The quantitative estimate of drug-likeness (QED) is 0.867. The Morgan fingerprint density at radius 2 is 2.00 bits per heavy atom. The number of benzene rings is 1. The predicted molar refractivity (Wildman–Crippen MR) is 70.0 cm³/mol. The first-order valence-electron chi connectivity index (χ1n) is 5.81. The van der Waals surface area contributed by atoms with Gasteiger partial charge in [0.1, 0.15) is 10.8 Å². The largest absolute Gasteiger partial charge is 0.434 e. The second-order valence-electron chi connectivity index (χ2n) is 4.28. The summed E-state index contributed by atoms with van der Waals surface area (Å²) < 4.78 is 51.8. The van der Waals surface area contributed by atoms with Gasteiger partial charge in [-0.05, 0) is 37.7 Å². The summed E-state index contributed by atoms with van der Waals surface area (Å²) in [7, 11) is 1.57. The van der Waals surface area contributed by atoms with Crippen molar-refractivity contribution in [3.05, 3.63) is 40.2 Å². The molecule has 0 amide bonds. The molecule has 1 heterocycles. The smallest absolute Gasteiger partial charge is 0.315 e. The Labute approximate surface area is 117 Å². The number of alkyl halides is 3. The van der Waals surface area contributed by atoms with Crippen molar-refractivity contribution in [1.29, 1.82) is 0 Å². The lowest BCUT2D eigenvalue weighted by Crippen LogP contribution is -2.12. The number of nitrogens with one attached hydrogen (secondary N) is 1. The van der Waals surface area contributed by atoms with E-state index in [0.717, 1.165) is 11.3 Å². The summed E-state index contributed by atoms with van der Waals surface area (Å²) in [5.74, 6) is -0.422. The van der Waals surface area contributed by atoms with Gasteiger partial charge in [-0.25, -0.2) is 9.37 Å². The Kier molecular flexibility index (Phi) is 4.10. The molecule has 0 bridgehead atoms. The lowest BCUT2D eigenvalue weighted by molar-refractivity contribution is -0.141. The topological polar surface area (TPSA) is 24.9 Å². The second kappa shape index (κ2) is 5.49. The van der Waals surface area contributed by atoms with Crippen LogP contribution < -0.4 is 5.32 Å². The van der Waals surface area contributed by atoms with Gasteiger partial charge in [0.15, 0.2) is 5.69 Å². The maximum atomic E-state index is 13.1. The molecule has 0 aliphatic rings. The monoisotopic (exact) mass is 304 g/mol. The fourth-order valence-electron chi connectivity index (χ4n) is 1.84. The van der Waals surface area contributed by atoms with Crippen LogP contribution in [0.2, 0.25) is 0 Å². The van der Waals surface area contributed by atoms with Crippen LogP contribution in [0.4, 0.5) is 17.6 Å². The number of nitrogens with zero attached hydrogens (tertiary/aromatic N) is 1. The third-order valence-corrected chi connectivity index (χ3v) is 3.81. The molecule has 20 heavy (non-hydrogen) atoms. The molecule has 0 saturated carbocycles. The van der Waals surface area contributed by atoms with Crippen LogP contribution in [0, 0.1) is 12.7 Å². The molecular formula is C13H12F4N2S. The zero-order chi connectivity index (χ0) is 14.9. The number of rotatable bonds is 3. The summed E-state index contributed by atoms with van der Waals surface area (Å²) in [4.78, 5) is 3.82. The zero-order valence-corrected chi connectivity index (χ0v) is 11.6. The second-order valence-corrected chi connectivity index (χ2v) is 5.36. The molecule has 0 aliphatic heterocycles. The van der Waals surface area contributed by atoms with Crippen molar-refractivity contribution in [2.45, 2.75) is 19.6 Å². The molecule has 1 aromatic heterocycles. The van der Waals surface area contributed by atoms with E-state index in [9.17, 15) is 17.6 Å². The predicted octanol–water partition coefficient (Wildman–Crippen LogP) is 4.00. The van der Waals surface area contributed by atoms with Crippen molar-refractivity contribution in [1.82, 2.24) is 10.3 Å². The van der Waals surface area contributed by atoms with E-state index in [2.05, 4.69) is 10.3 Å². The van der Waals surface area contributed by atoms with E-state index in [0.29, 0.717) is 11.1 Å². The first kappa shape index (κ1) is 14.9. The maximum absolute atomic E-state index is 13.1. The van der Waals surface area contributed by atoms with Gasteiger partial charge < -0.3 is 5.32 Å². The number of aromatic nitrogens is 1. The molecule has 0 atom stereocenters. The standard InChI is InChI=1S/C13H12F4N2S/c1-7-5-8(14)3-4-9(7)12-19-11(13(15,16)17)10(20-12)6-18-2/h3-5,18H,6H2,1-2H3. The van der Waals surface area contributed by atoms with Crippen molar-refractivity contribution in [3.8, 4) is 10.6 Å². The summed E-state index contributed by atoms with van der Waals surface area (Å²) in [5.41, 5.74) is 0.198. The Hall–Kier alpha value is -1.47. The molecule has 2 nitrogen and oxygen atoms in total. The Morgan fingerprint density at radius 3 is 2.55 bits per heavy atom. The highest BCUT2D eigenvalue weighted by molar-refractivity contribution is 7.15. The number of hydrogen-bond acceptors (Lipinski definition) is 3. The molecule has 1 N–H and O–H groups in total. The van der Waals surface area contributed by atoms with E-state index in [-0.39, 0.29) is 16.4 Å². The third-order valence-electron chi connectivity index (χ3n) is 2.72. The van der Waals surface area contributed by atoms with Crippen LogP contribution >= 0.6 is 11.3 Å². The molecule has 7 heteroatoms. The summed E-state index contributed by atoms with van der Waals surface area (Å²) in [6, 6.07) is 3.95. The van der Waals surface area contributed by atoms with E-state index < -0.39 is 17.7 Å². The summed E-state index contributed by atoms with van der Waals surface area (Å²) >= 11 is 0.968. The Morgan fingerprint density at radius 1 is 1.30 bits per heavy atom. The summed E-state index contributed by atoms with van der Waals surface area (Å²) in [6.45, 7) is 1.73. The molecule has 108 valence electrons. The Bertz CT molecular complexity index is 619. The van der Waals surface area contributed by atoms with Crippen molar-refractivity contribution in [3.63, 3.8) is 0 Å². The number of halogens is 4. The zero-order valence-electron chi connectivity index (χ0n) is 10.8. The number of aryl methyl sites for hydroxylation is 1. The van der Waals surface area contributed by atoms with Crippen LogP contribution in [-0.2, 0) is 12.7 Å². The molecule has 0 radical (unpaired) electrons. The fourth-order valence-corrected chi connectivity index (χ4v) is 3.02. The molecule has 1 aromatic carbocycles. The highest BCUT2D eigenvalue weighted by Crippen LogP contribution is 2.38. The van der Waals surface area contributed by atoms with Crippen molar-refractivity contribution >= 4 is 11.3 Å². The van der Waals surface area contributed by atoms with Crippen LogP contribution in [0.3, 0.4) is 0 Å². The summed E-state index contributed by atoms with van der Waals surface area (Å²) in [6.07, 6.45) is -4.49. The van der Waals surface area contributed by atoms with E-state index in [1.54, 1.807) is 14.0 Å². The van der Waals surface area contributed by atoms with Gasteiger partial charge in [-0.1, -0.05) is 0 Å². The van der Waals surface area contributed by atoms with Gasteiger partial charge in [-0.3, -0.25) is 0 Å². The Balaban J connectivity index is 2.53. The molecule has 2 aromatic rings. The van der Waals surface area contributed by atoms with E-state index in [1.807, 2.05) is 0 Å². The minimum atomic E-state index is -4.49. The van der Waals surface area contributed by atoms with Crippen LogP contribution in [-0.4, -0.2) is 12.0 Å². The molecule has 0 spiro atoms. The molecular weight excluding hydrogens is 292 g/mol. The first-order valence-corrected chi connectivity index (χ1v) is 6.62. The molecule has 0 unspecified atom stereocenters. The van der Waals surface area contributed by atoms with E-state index >= 15 is 0 Å². The highest BCUT2D eigenvalue weighted by Gasteiger charge is 2.37. The van der Waals surface area contributed by atoms with Gasteiger partial charge in [-0.15, -0.1) is 11.3 Å². The SMILES string of the molecule is CNCc1sc(-c2ccc(F)cc2C)nc1C(F)(F)F. The molecule has 0 saturated heterocycles. The lowest BCUT2D eigenvalue weighted by atomic mass is 10.1. The van der Waals surface area contributed by atoms with Crippen LogP contribution in [0.1, 0.15) is 16.1 Å². The summed E-state index contributed by atoms with van der Waals surface area (Å²) in [5, 5.41) is 2.95. The average Bonchev–Trinajstić information content (AvgIpc) is 2.73. The van der Waals surface area contributed by atoms with Crippen LogP contribution in [0.25, 0.3) is 10.6 Å². The number of thiazole rings is 1. The maximum Gasteiger partial charge on any atom is 0.434 e. The van der Waals surface area contributed by atoms with Crippen molar-refractivity contribution < 1.29 is 17.6 Å². The van der Waals surface area contributed by atoms with Crippen molar-refractivity contribution in [2.24, 2.45) is 0 Å². The molecule has 0 aliphatic carbocycles. The van der Waals surface area contributed by atoms with E-state index in [4.69, 9.17) is 0 Å². The molecule has 2 rings (SSSR count).